The van der Waals surface area contributed by atoms with Crippen LogP contribution in [0.25, 0.3) is 0 Å². The molecule has 7 heteroatoms. The van der Waals surface area contributed by atoms with Crippen molar-refractivity contribution < 1.29 is 30.3 Å². The van der Waals surface area contributed by atoms with E-state index in [0.29, 0.717) is 17.1 Å². The molecule has 6 aliphatic rings. The van der Waals surface area contributed by atoms with Crippen LogP contribution in [0, 0.1) is 50.2 Å². The quantitative estimate of drug-likeness (QED) is 0.208. The minimum atomic E-state index is -1.48. The van der Waals surface area contributed by atoms with Gasteiger partial charge in [0.05, 0.1) is 12.7 Å². The van der Waals surface area contributed by atoms with Crippen LogP contribution in [0.2, 0.25) is 0 Å². The van der Waals surface area contributed by atoms with E-state index in [2.05, 4.69) is 96.6 Å². The van der Waals surface area contributed by atoms with Crippen molar-refractivity contribution in [1.82, 2.24) is 0 Å². The summed E-state index contributed by atoms with van der Waals surface area (Å²) < 4.78 is 6.07. The van der Waals surface area contributed by atoms with E-state index in [-0.39, 0.29) is 33.0 Å². The van der Waals surface area contributed by atoms with Crippen LogP contribution in [-0.2, 0) is 4.74 Å². The van der Waals surface area contributed by atoms with Gasteiger partial charge >= 0.3 is 0 Å². The van der Waals surface area contributed by atoms with Gasteiger partial charge in [-0.2, -0.15) is 0 Å². The van der Waals surface area contributed by atoms with Gasteiger partial charge in [-0.05, 0) is 121 Å². The molecule has 5 unspecified atom stereocenters. The van der Waals surface area contributed by atoms with Crippen molar-refractivity contribution in [2.24, 2.45) is 50.2 Å². The summed E-state index contributed by atoms with van der Waals surface area (Å²) >= 11 is 2.09. The van der Waals surface area contributed by atoms with E-state index in [1.165, 1.54) is 36.2 Å². The van der Waals surface area contributed by atoms with Gasteiger partial charge in [-0.1, -0.05) is 78.3 Å². The SMILES string of the molecule is CC1(C)CC[C@]2([C@H](O)[C@H]3OC(CO)[C@@H](O)[C@H](O)C3O)CC[C@]3(C)C(=CCC4[C@@]5(C)CC[C@H](Sc6ccccc6)C(C)(C)C5CC[C@]43C)C2C1. The topological polar surface area (TPSA) is 110 Å². The molecule has 6 nitrogen and oxygen atoms in total. The first-order valence-corrected chi connectivity index (χ1v) is 20.2. The number of ether oxygens (including phenoxy) is 1. The monoisotopic (exact) mass is 696 g/mol. The largest absolute Gasteiger partial charge is 0.394 e. The summed E-state index contributed by atoms with van der Waals surface area (Å²) in [7, 11) is 0. The molecule has 0 spiro atoms. The number of rotatable bonds is 5. The lowest BCUT2D eigenvalue weighted by Crippen LogP contribution is -2.68. The third kappa shape index (κ3) is 5.32. The Labute approximate surface area is 299 Å². The van der Waals surface area contributed by atoms with Crippen LogP contribution in [0.1, 0.15) is 113 Å². The second kappa shape index (κ2) is 12.3. The fraction of sp³-hybridized carbons (Fsp3) is 0.810. The van der Waals surface area contributed by atoms with Crippen LogP contribution in [0.15, 0.2) is 46.9 Å². The number of hydrogen-bond acceptors (Lipinski definition) is 7. The Hall–Kier alpha value is -0.930. The molecule has 1 aromatic rings. The van der Waals surface area contributed by atoms with Crippen LogP contribution >= 0.6 is 11.8 Å². The van der Waals surface area contributed by atoms with Gasteiger partial charge in [-0.25, -0.2) is 0 Å². The van der Waals surface area contributed by atoms with E-state index in [4.69, 9.17) is 4.74 Å². The third-order valence-corrected chi connectivity index (χ3v) is 18.2. The molecule has 49 heavy (non-hydrogen) atoms. The van der Waals surface area contributed by atoms with Gasteiger partial charge in [-0.15, -0.1) is 11.8 Å². The van der Waals surface area contributed by atoms with Gasteiger partial charge in [-0.3, -0.25) is 0 Å². The number of aliphatic hydroxyl groups excluding tert-OH is 5. The first-order valence-electron chi connectivity index (χ1n) is 19.4. The van der Waals surface area contributed by atoms with E-state index in [1.807, 2.05) is 0 Å². The Morgan fingerprint density at radius 1 is 0.816 bits per heavy atom. The Morgan fingerprint density at radius 3 is 2.20 bits per heavy atom. The van der Waals surface area contributed by atoms with Crippen molar-refractivity contribution in [3.63, 3.8) is 0 Å². The van der Waals surface area contributed by atoms with Crippen molar-refractivity contribution in [3.05, 3.63) is 42.0 Å². The molecule has 7 rings (SSSR count). The summed E-state index contributed by atoms with van der Waals surface area (Å²) in [5.41, 5.74) is 1.75. The number of aliphatic hydroxyl groups is 5. The number of benzene rings is 1. The molecular weight excluding hydrogens is 633 g/mol. The van der Waals surface area contributed by atoms with Crippen LogP contribution in [-0.4, -0.2) is 74.0 Å². The van der Waals surface area contributed by atoms with E-state index in [9.17, 15) is 25.5 Å². The molecule has 0 aromatic heterocycles. The molecular formula is C42H64O6S. The summed E-state index contributed by atoms with van der Waals surface area (Å²) in [6, 6.07) is 11.0. The third-order valence-electron chi connectivity index (χ3n) is 16.5. The van der Waals surface area contributed by atoms with Crippen molar-refractivity contribution >= 4 is 11.8 Å². The second-order valence-electron chi connectivity index (χ2n) is 19.5. The van der Waals surface area contributed by atoms with Gasteiger partial charge in [0, 0.05) is 15.6 Å². The van der Waals surface area contributed by atoms with E-state index in [0.717, 1.165) is 38.5 Å². The summed E-state index contributed by atoms with van der Waals surface area (Å²) in [5.74, 6) is 1.39. The van der Waals surface area contributed by atoms with Crippen LogP contribution in [0.4, 0.5) is 0 Å². The molecule has 1 aliphatic heterocycles. The lowest BCUT2D eigenvalue weighted by molar-refractivity contribution is -0.272. The molecule has 0 bridgehead atoms. The highest BCUT2D eigenvalue weighted by molar-refractivity contribution is 8.00. The predicted molar refractivity (Wildman–Crippen MR) is 195 cm³/mol. The van der Waals surface area contributed by atoms with Gasteiger partial charge < -0.3 is 30.3 Å². The average Bonchev–Trinajstić information content (AvgIpc) is 3.05. The number of hydrogen-bond donors (Lipinski definition) is 5. The lowest BCUT2D eigenvalue weighted by Gasteiger charge is -2.72. The summed E-state index contributed by atoms with van der Waals surface area (Å²) in [5, 5.41) is 55.4. The Morgan fingerprint density at radius 2 is 1.51 bits per heavy atom. The van der Waals surface area contributed by atoms with Crippen LogP contribution < -0.4 is 0 Å². The maximum absolute atomic E-state index is 12.4. The zero-order chi connectivity index (χ0) is 35.4. The molecule has 1 saturated heterocycles. The van der Waals surface area contributed by atoms with Crippen molar-refractivity contribution in [2.75, 3.05) is 6.61 Å². The number of thioether (sulfide) groups is 1. The minimum absolute atomic E-state index is 0.000360. The number of allylic oxidation sites excluding steroid dienone is 2. The highest BCUT2D eigenvalue weighted by Gasteiger charge is 2.69. The molecule has 0 radical (unpaired) electrons. The van der Waals surface area contributed by atoms with Gasteiger partial charge in [0.15, 0.2) is 0 Å². The smallest absolute Gasteiger partial charge is 0.113 e. The highest BCUT2D eigenvalue weighted by atomic mass is 32.2. The Balaban J connectivity index is 1.22. The highest BCUT2D eigenvalue weighted by Crippen LogP contribution is 2.76. The fourth-order valence-electron chi connectivity index (χ4n) is 13.4. The molecule has 1 aromatic carbocycles. The van der Waals surface area contributed by atoms with Crippen LogP contribution in [0.3, 0.4) is 0 Å². The first kappa shape index (κ1) is 36.4. The van der Waals surface area contributed by atoms with E-state index < -0.39 is 48.6 Å². The molecule has 0 amide bonds. The van der Waals surface area contributed by atoms with E-state index >= 15 is 0 Å². The molecule has 5 fully saturated rings. The lowest BCUT2D eigenvalue weighted by atomic mass is 9.33. The maximum Gasteiger partial charge on any atom is 0.113 e. The molecule has 4 saturated carbocycles. The maximum atomic E-state index is 12.4. The zero-order valence-electron chi connectivity index (χ0n) is 31.1. The van der Waals surface area contributed by atoms with Crippen molar-refractivity contribution in [1.29, 1.82) is 0 Å². The summed E-state index contributed by atoms with van der Waals surface area (Å²) in [6.45, 7) is 17.2. The van der Waals surface area contributed by atoms with Crippen molar-refractivity contribution in [3.8, 4) is 0 Å². The average molecular weight is 697 g/mol. The Bertz CT molecular complexity index is 1410. The second-order valence-corrected chi connectivity index (χ2v) is 20.7. The molecule has 1 heterocycles. The summed E-state index contributed by atoms with van der Waals surface area (Å²) in [6.07, 6.45) is 5.79. The minimum Gasteiger partial charge on any atom is -0.394 e. The van der Waals surface area contributed by atoms with Crippen molar-refractivity contribution in [2.45, 2.75) is 159 Å². The first-order chi connectivity index (χ1) is 22.9. The summed E-state index contributed by atoms with van der Waals surface area (Å²) in [4.78, 5) is 1.38. The molecule has 5 aliphatic carbocycles. The van der Waals surface area contributed by atoms with E-state index in [1.54, 1.807) is 0 Å². The predicted octanol–water partition coefficient (Wildman–Crippen LogP) is 7.15. The normalized spacial score (nSPS) is 49.4. The molecule has 5 N–H and O–H groups in total. The van der Waals surface area contributed by atoms with Crippen LogP contribution in [0.5, 0.6) is 0 Å². The molecule has 274 valence electrons. The van der Waals surface area contributed by atoms with Gasteiger partial charge in [0.1, 0.15) is 30.5 Å². The van der Waals surface area contributed by atoms with Gasteiger partial charge in [0.25, 0.3) is 0 Å². The fourth-order valence-corrected chi connectivity index (χ4v) is 14.7. The molecule has 14 atom stereocenters. The Kier molecular flexibility index (Phi) is 9.16. The standard InChI is InChI=1S/C42H64O6S/c1-37(2)19-21-42(36(47)35-34(46)33(45)32(44)28(24-43)48-35)22-20-40(6)26(27(42)23-37)13-14-30-39(5)17-16-31(49-25-11-9-8-10-12-25)38(3,4)29(39)15-18-41(30,40)7/h8-13,27-36,43-47H,14-24H2,1-7H3/t27?,28?,29?,30?,31-,32+,33-,34?,35-,36+,39-,40+,41+,42-/m0/s1. The number of fused-ring (bicyclic) bond motifs is 7. The zero-order valence-corrected chi connectivity index (χ0v) is 31.9. The van der Waals surface area contributed by atoms with Gasteiger partial charge in [0.2, 0.25) is 0 Å².